The molecule has 22 heavy (non-hydrogen) atoms. The van der Waals surface area contributed by atoms with Gasteiger partial charge in [-0.15, -0.1) is 0 Å². The number of amides is 2. The molecule has 0 bridgehead atoms. The lowest BCUT2D eigenvalue weighted by molar-refractivity contribution is -0.126. The summed E-state index contributed by atoms with van der Waals surface area (Å²) in [6.07, 6.45) is 0.422. The number of carbonyl (C=O) groups excluding carboxylic acids is 2. The summed E-state index contributed by atoms with van der Waals surface area (Å²) in [7, 11) is 0. The van der Waals surface area contributed by atoms with E-state index in [4.69, 9.17) is 12.2 Å². The topological polar surface area (TPSA) is 52.7 Å². The van der Waals surface area contributed by atoms with E-state index in [1.165, 1.54) is 6.92 Å². The molecule has 0 aliphatic carbocycles. The first-order valence-electron chi connectivity index (χ1n) is 7.38. The molecule has 0 spiro atoms. The molecule has 1 fully saturated rings. The Hall–Kier alpha value is -1.95. The lowest BCUT2D eigenvalue weighted by Crippen LogP contribution is -2.43. The second kappa shape index (κ2) is 6.87. The van der Waals surface area contributed by atoms with Crippen LogP contribution in [0.2, 0.25) is 0 Å². The van der Waals surface area contributed by atoms with Crippen LogP contribution in [0.15, 0.2) is 24.3 Å². The predicted molar refractivity (Wildman–Crippen MR) is 89.0 cm³/mol. The van der Waals surface area contributed by atoms with Crippen molar-refractivity contribution < 1.29 is 9.59 Å². The third kappa shape index (κ3) is 3.44. The molecule has 1 aliphatic heterocycles. The van der Waals surface area contributed by atoms with E-state index < -0.39 is 6.17 Å². The van der Waals surface area contributed by atoms with Gasteiger partial charge >= 0.3 is 0 Å². The standard InChI is InChI=1S/C16H21N3O2S/c1-4-8-18-14(21)10-19(16(18)22)15(17-12(3)20)13-7-5-6-11(2)9-13/h5-7,9,15H,4,8,10H2,1-3H3,(H,17,20). The third-order valence-electron chi connectivity index (χ3n) is 3.54. The molecule has 0 aromatic heterocycles. The molecule has 1 aromatic carbocycles. The zero-order valence-corrected chi connectivity index (χ0v) is 13.9. The minimum atomic E-state index is -0.421. The van der Waals surface area contributed by atoms with Crippen LogP contribution in [0.4, 0.5) is 0 Å². The number of hydrogen-bond acceptors (Lipinski definition) is 3. The van der Waals surface area contributed by atoms with Gasteiger partial charge < -0.3 is 10.2 Å². The highest BCUT2D eigenvalue weighted by atomic mass is 32.1. The number of nitrogens with one attached hydrogen (secondary N) is 1. The molecule has 1 N–H and O–H groups in total. The highest BCUT2D eigenvalue weighted by Crippen LogP contribution is 2.24. The van der Waals surface area contributed by atoms with Crippen molar-refractivity contribution in [3.8, 4) is 0 Å². The molecule has 1 saturated heterocycles. The molecule has 2 amide bonds. The number of rotatable bonds is 5. The molecule has 1 atom stereocenters. The van der Waals surface area contributed by atoms with Crippen molar-refractivity contribution in [1.82, 2.24) is 15.1 Å². The van der Waals surface area contributed by atoms with Crippen molar-refractivity contribution in [2.24, 2.45) is 0 Å². The molecular weight excluding hydrogens is 298 g/mol. The van der Waals surface area contributed by atoms with E-state index in [1.54, 1.807) is 9.80 Å². The molecule has 6 heteroatoms. The van der Waals surface area contributed by atoms with Crippen LogP contribution >= 0.6 is 12.2 Å². The number of carbonyl (C=O) groups is 2. The van der Waals surface area contributed by atoms with E-state index in [1.807, 2.05) is 38.1 Å². The maximum Gasteiger partial charge on any atom is 0.248 e. The Morgan fingerprint density at radius 2 is 2.18 bits per heavy atom. The Balaban J connectivity index is 2.32. The Kier molecular flexibility index (Phi) is 5.13. The van der Waals surface area contributed by atoms with Crippen LogP contribution in [-0.4, -0.2) is 39.8 Å². The zero-order chi connectivity index (χ0) is 16.3. The summed E-state index contributed by atoms with van der Waals surface area (Å²) in [6, 6.07) is 7.86. The van der Waals surface area contributed by atoms with Crippen molar-refractivity contribution in [2.75, 3.05) is 13.1 Å². The second-order valence-corrected chi connectivity index (χ2v) is 5.84. The van der Waals surface area contributed by atoms with Gasteiger partial charge in [0.2, 0.25) is 11.8 Å². The molecular formula is C16H21N3O2S. The van der Waals surface area contributed by atoms with Crippen LogP contribution in [-0.2, 0) is 9.59 Å². The fourth-order valence-corrected chi connectivity index (χ4v) is 2.94. The van der Waals surface area contributed by atoms with E-state index in [9.17, 15) is 9.59 Å². The Morgan fingerprint density at radius 3 is 2.77 bits per heavy atom. The predicted octanol–water partition coefficient (Wildman–Crippen LogP) is 1.97. The summed E-state index contributed by atoms with van der Waals surface area (Å²) in [5.41, 5.74) is 2.01. The van der Waals surface area contributed by atoms with Gasteiger partial charge in [0.15, 0.2) is 5.11 Å². The first-order valence-corrected chi connectivity index (χ1v) is 7.79. The molecule has 1 aromatic rings. The zero-order valence-electron chi connectivity index (χ0n) is 13.1. The van der Waals surface area contributed by atoms with E-state index in [0.29, 0.717) is 11.7 Å². The van der Waals surface area contributed by atoms with Crippen LogP contribution in [0.1, 0.15) is 37.6 Å². The van der Waals surface area contributed by atoms with Crippen molar-refractivity contribution in [3.63, 3.8) is 0 Å². The van der Waals surface area contributed by atoms with Gasteiger partial charge in [0.25, 0.3) is 0 Å². The number of aryl methyl sites for hydroxylation is 1. The van der Waals surface area contributed by atoms with Gasteiger partial charge in [-0.1, -0.05) is 36.8 Å². The number of nitrogens with zero attached hydrogens (tertiary/aromatic N) is 2. The quantitative estimate of drug-likeness (QED) is 0.843. The SMILES string of the molecule is CCCN1C(=O)CN(C(NC(C)=O)c2cccc(C)c2)C1=S. The summed E-state index contributed by atoms with van der Waals surface area (Å²) in [5.74, 6) is -0.175. The molecule has 2 rings (SSSR count). The van der Waals surface area contributed by atoms with Crippen LogP contribution in [0.5, 0.6) is 0 Å². The van der Waals surface area contributed by atoms with Crippen molar-refractivity contribution in [1.29, 1.82) is 0 Å². The highest BCUT2D eigenvalue weighted by Gasteiger charge is 2.37. The highest BCUT2D eigenvalue weighted by molar-refractivity contribution is 7.80. The number of hydrogen-bond donors (Lipinski definition) is 1. The molecule has 0 saturated carbocycles. The smallest absolute Gasteiger partial charge is 0.248 e. The Morgan fingerprint density at radius 1 is 1.45 bits per heavy atom. The maximum atomic E-state index is 12.2. The fourth-order valence-electron chi connectivity index (χ4n) is 2.58. The van der Waals surface area contributed by atoms with E-state index in [-0.39, 0.29) is 18.4 Å². The van der Waals surface area contributed by atoms with Gasteiger partial charge in [-0.3, -0.25) is 14.5 Å². The normalized spacial score (nSPS) is 16.1. The first kappa shape index (κ1) is 16.4. The maximum absolute atomic E-state index is 12.2. The fraction of sp³-hybridized carbons (Fsp3) is 0.438. The van der Waals surface area contributed by atoms with Gasteiger partial charge in [0, 0.05) is 13.5 Å². The summed E-state index contributed by atoms with van der Waals surface area (Å²) >= 11 is 5.45. The van der Waals surface area contributed by atoms with Crippen LogP contribution < -0.4 is 5.32 Å². The summed E-state index contributed by atoms with van der Waals surface area (Å²) in [4.78, 5) is 27.1. The van der Waals surface area contributed by atoms with E-state index in [0.717, 1.165) is 17.5 Å². The number of thiocarbonyl (C=S) groups is 1. The van der Waals surface area contributed by atoms with Crippen LogP contribution in [0, 0.1) is 6.92 Å². The number of benzene rings is 1. The summed E-state index contributed by atoms with van der Waals surface area (Å²) in [6.45, 7) is 6.26. The minimum absolute atomic E-state index is 0.0187. The Labute approximate surface area is 136 Å². The average Bonchev–Trinajstić information content (AvgIpc) is 2.73. The van der Waals surface area contributed by atoms with Crippen LogP contribution in [0.25, 0.3) is 0 Å². The Bertz CT molecular complexity index is 603. The average molecular weight is 319 g/mol. The second-order valence-electron chi connectivity index (χ2n) is 5.47. The third-order valence-corrected chi connectivity index (χ3v) is 3.99. The monoisotopic (exact) mass is 319 g/mol. The lowest BCUT2D eigenvalue weighted by atomic mass is 10.1. The molecule has 0 radical (unpaired) electrons. The lowest BCUT2D eigenvalue weighted by Gasteiger charge is -2.30. The molecule has 1 aliphatic rings. The van der Waals surface area contributed by atoms with Gasteiger partial charge in [0.1, 0.15) is 12.7 Å². The molecule has 5 nitrogen and oxygen atoms in total. The largest absolute Gasteiger partial charge is 0.332 e. The minimum Gasteiger partial charge on any atom is -0.332 e. The molecule has 1 heterocycles. The summed E-state index contributed by atoms with van der Waals surface area (Å²) < 4.78 is 0. The van der Waals surface area contributed by atoms with E-state index >= 15 is 0 Å². The van der Waals surface area contributed by atoms with Crippen LogP contribution in [0.3, 0.4) is 0 Å². The van der Waals surface area contributed by atoms with Crippen molar-refractivity contribution >= 4 is 29.1 Å². The van der Waals surface area contributed by atoms with Gasteiger partial charge in [-0.25, -0.2) is 0 Å². The van der Waals surface area contributed by atoms with Crippen molar-refractivity contribution in [2.45, 2.75) is 33.4 Å². The summed E-state index contributed by atoms with van der Waals surface area (Å²) in [5, 5.41) is 3.38. The van der Waals surface area contributed by atoms with Gasteiger partial charge in [-0.05, 0) is 31.1 Å². The van der Waals surface area contributed by atoms with E-state index in [2.05, 4.69) is 5.32 Å². The molecule has 118 valence electrons. The molecule has 1 unspecified atom stereocenters. The van der Waals surface area contributed by atoms with Crippen molar-refractivity contribution in [3.05, 3.63) is 35.4 Å². The first-order chi connectivity index (χ1) is 10.4. The van der Waals surface area contributed by atoms with Gasteiger partial charge in [0.05, 0.1) is 0 Å². The van der Waals surface area contributed by atoms with Gasteiger partial charge in [-0.2, -0.15) is 0 Å².